The normalized spacial score (nSPS) is 11.8. The fourth-order valence-electron chi connectivity index (χ4n) is 8.83. The van der Waals surface area contributed by atoms with Crippen LogP contribution in [0.15, 0.2) is 209 Å². The van der Waals surface area contributed by atoms with E-state index in [2.05, 4.69) is 193 Å². The molecule has 0 spiro atoms. The minimum atomic E-state index is 0.847. The lowest BCUT2D eigenvalue weighted by Crippen LogP contribution is -2.12. The second-order valence-corrected chi connectivity index (χ2v) is 15.9. The van der Waals surface area contributed by atoms with Crippen molar-refractivity contribution in [2.24, 2.45) is 0 Å². The molecule has 3 heterocycles. The lowest BCUT2D eigenvalue weighted by molar-refractivity contribution is 0.669. The van der Waals surface area contributed by atoms with Crippen molar-refractivity contribution < 1.29 is 8.83 Å². The van der Waals surface area contributed by atoms with Gasteiger partial charge in [-0.05, 0) is 82.9 Å². The quantitative estimate of drug-likeness (QED) is 0.169. The molecular formula is C54H33NO2S. The molecule has 0 N–H and O–H groups in total. The third-order valence-electron chi connectivity index (χ3n) is 11.5. The molecule has 4 heteroatoms. The van der Waals surface area contributed by atoms with Crippen LogP contribution in [0.4, 0.5) is 17.1 Å². The minimum Gasteiger partial charge on any atom is -0.456 e. The number of hydrogen-bond donors (Lipinski definition) is 0. The molecular weight excluding hydrogens is 727 g/mol. The Labute approximate surface area is 338 Å². The zero-order valence-corrected chi connectivity index (χ0v) is 32.0. The molecule has 0 bridgehead atoms. The maximum Gasteiger partial charge on any atom is 0.145 e. The molecule has 0 atom stereocenters. The van der Waals surface area contributed by atoms with Crippen molar-refractivity contribution in [3.63, 3.8) is 0 Å². The van der Waals surface area contributed by atoms with Gasteiger partial charge < -0.3 is 13.7 Å². The highest BCUT2D eigenvalue weighted by Crippen LogP contribution is 2.53. The van der Waals surface area contributed by atoms with Crippen LogP contribution in [0.25, 0.3) is 97.4 Å². The van der Waals surface area contributed by atoms with Crippen molar-refractivity contribution >= 4 is 92.4 Å². The Kier molecular flexibility index (Phi) is 7.40. The summed E-state index contributed by atoms with van der Waals surface area (Å²) in [5.41, 5.74) is 13.3. The molecule has 0 aliphatic rings. The van der Waals surface area contributed by atoms with Crippen molar-refractivity contribution in [2.75, 3.05) is 4.90 Å². The van der Waals surface area contributed by atoms with Gasteiger partial charge in [-0.3, -0.25) is 0 Å². The number of fused-ring (bicyclic) bond motifs is 9. The van der Waals surface area contributed by atoms with Crippen molar-refractivity contribution in [1.82, 2.24) is 0 Å². The second kappa shape index (κ2) is 13.1. The number of thiophene rings is 1. The summed E-state index contributed by atoms with van der Waals surface area (Å²) in [5.74, 6) is 0. The first-order valence-electron chi connectivity index (χ1n) is 19.6. The van der Waals surface area contributed by atoms with E-state index in [1.54, 1.807) is 0 Å². The molecule has 3 aromatic heterocycles. The van der Waals surface area contributed by atoms with Gasteiger partial charge in [-0.25, -0.2) is 0 Å². The van der Waals surface area contributed by atoms with E-state index in [9.17, 15) is 0 Å². The summed E-state index contributed by atoms with van der Waals surface area (Å²) in [7, 11) is 0. The molecule has 0 unspecified atom stereocenters. The molecule has 0 saturated carbocycles. The van der Waals surface area contributed by atoms with Gasteiger partial charge in [0.25, 0.3) is 0 Å². The highest BCUT2D eigenvalue weighted by atomic mass is 32.1. The maximum atomic E-state index is 7.10. The van der Waals surface area contributed by atoms with Gasteiger partial charge in [0.1, 0.15) is 22.3 Å². The van der Waals surface area contributed by atoms with Crippen LogP contribution in [0.3, 0.4) is 0 Å². The predicted octanol–water partition coefficient (Wildman–Crippen LogP) is 16.3. The van der Waals surface area contributed by atoms with Crippen molar-refractivity contribution in [2.45, 2.75) is 0 Å². The monoisotopic (exact) mass is 759 g/mol. The lowest BCUT2D eigenvalue weighted by atomic mass is 9.95. The first kappa shape index (κ1) is 32.8. The van der Waals surface area contributed by atoms with Crippen LogP contribution < -0.4 is 4.90 Å². The van der Waals surface area contributed by atoms with Crippen LogP contribution in [0, 0.1) is 0 Å². The van der Waals surface area contributed by atoms with Crippen LogP contribution in [0.5, 0.6) is 0 Å². The van der Waals surface area contributed by atoms with Gasteiger partial charge in [-0.15, -0.1) is 11.3 Å². The van der Waals surface area contributed by atoms with Gasteiger partial charge in [-0.2, -0.15) is 0 Å². The molecule has 0 radical (unpaired) electrons. The summed E-state index contributed by atoms with van der Waals surface area (Å²) in [6, 6.07) is 71.4. The largest absolute Gasteiger partial charge is 0.456 e. The van der Waals surface area contributed by atoms with E-state index in [1.807, 2.05) is 23.5 Å². The van der Waals surface area contributed by atoms with Crippen LogP contribution in [-0.4, -0.2) is 0 Å². The Hall–Kier alpha value is -7.40. The van der Waals surface area contributed by atoms with Gasteiger partial charge >= 0.3 is 0 Å². The Bertz CT molecular complexity index is 3510. The average molecular weight is 760 g/mol. The zero-order chi connectivity index (χ0) is 38.2. The Morgan fingerprint density at radius 3 is 1.81 bits per heavy atom. The highest BCUT2D eigenvalue weighted by Gasteiger charge is 2.28. The van der Waals surface area contributed by atoms with Crippen LogP contribution in [0.1, 0.15) is 0 Å². The molecule has 0 saturated heterocycles. The van der Waals surface area contributed by atoms with E-state index in [-0.39, 0.29) is 0 Å². The average Bonchev–Trinajstić information content (AvgIpc) is 3.99. The third kappa shape index (κ3) is 5.12. The molecule has 0 aliphatic heterocycles. The molecule has 0 amide bonds. The second-order valence-electron chi connectivity index (χ2n) is 14.8. The maximum absolute atomic E-state index is 7.10. The van der Waals surface area contributed by atoms with E-state index < -0.39 is 0 Å². The zero-order valence-electron chi connectivity index (χ0n) is 31.2. The van der Waals surface area contributed by atoms with Gasteiger partial charge in [0, 0.05) is 53.1 Å². The molecule has 12 rings (SSSR count). The van der Waals surface area contributed by atoms with Gasteiger partial charge in [0.2, 0.25) is 0 Å². The van der Waals surface area contributed by atoms with E-state index in [1.165, 1.54) is 20.2 Å². The Morgan fingerprint density at radius 2 is 1.02 bits per heavy atom. The summed E-state index contributed by atoms with van der Waals surface area (Å²) in [5, 5.41) is 6.74. The van der Waals surface area contributed by atoms with Crippen molar-refractivity contribution in [3.8, 4) is 33.4 Å². The first-order valence-corrected chi connectivity index (χ1v) is 20.4. The van der Waals surface area contributed by atoms with Gasteiger partial charge in [-0.1, -0.05) is 140 Å². The number of hydrogen-bond acceptors (Lipinski definition) is 4. The fraction of sp³-hybridized carbons (Fsp3) is 0. The predicted molar refractivity (Wildman–Crippen MR) is 245 cm³/mol. The van der Waals surface area contributed by atoms with Crippen LogP contribution in [0.2, 0.25) is 0 Å². The van der Waals surface area contributed by atoms with Gasteiger partial charge in [0.05, 0.1) is 16.8 Å². The Morgan fingerprint density at radius 1 is 0.362 bits per heavy atom. The van der Waals surface area contributed by atoms with Crippen molar-refractivity contribution in [1.29, 1.82) is 0 Å². The van der Waals surface area contributed by atoms with Crippen LogP contribution in [-0.2, 0) is 0 Å². The lowest BCUT2D eigenvalue weighted by Gasteiger charge is -2.30. The van der Waals surface area contributed by atoms with Gasteiger partial charge in [0.15, 0.2) is 0 Å². The molecule has 0 fully saturated rings. The number of rotatable bonds is 6. The summed E-state index contributed by atoms with van der Waals surface area (Å²) >= 11 is 1.84. The standard InChI is InChI=1S/C54H33NO2S/c1-4-14-34(15-5-1)37-24-26-42-48(32-37)57-54-40(36-18-8-3-9-19-36)27-29-45(51(42)54)55(38-25-30-47-44(33-38)41-20-10-12-22-46(41)56-47)53-39(35-16-6-2-7-17-35)28-31-50-52(53)43-21-11-13-23-49(43)58-50/h1-33H. The molecule has 0 aliphatic carbocycles. The minimum absolute atomic E-state index is 0.847. The molecule has 12 aromatic rings. The number of nitrogens with zero attached hydrogens (tertiary/aromatic N) is 1. The summed E-state index contributed by atoms with van der Waals surface area (Å²) < 4.78 is 16.0. The smallest absolute Gasteiger partial charge is 0.145 e. The molecule has 9 aromatic carbocycles. The highest BCUT2D eigenvalue weighted by molar-refractivity contribution is 7.26. The molecule has 272 valence electrons. The first-order chi connectivity index (χ1) is 28.8. The summed E-state index contributed by atoms with van der Waals surface area (Å²) in [6.07, 6.45) is 0. The third-order valence-corrected chi connectivity index (χ3v) is 12.6. The Balaban J connectivity index is 1.24. The van der Waals surface area contributed by atoms with E-state index in [4.69, 9.17) is 8.83 Å². The summed E-state index contributed by atoms with van der Waals surface area (Å²) in [6.45, 7) is 0. The number of para-hydroxylation sites is 1. The van der Waals surface area contributed by atoms with Crippen molar-refractivity contribution in [3.05, 3.63) is 200 Å². The fourth-order valence-corrected chi connectivity index (χ4v) is 9.94. The van der Waals surface area contributed by atoms with E-state index >= 15 is 0 Å². The topological polar surface area (TPSA) is 29.5 Å². The van der Waals surface area contributed by atoms with E-state index in [0.29, 0.717) is 0 Å². The number of benzene rings is 9. The number of anilines is 3. The van der Waals surface area contributed by atoms with Crippen LogP contribution >= 0.6 is 11.3 Å². The number of furan rings is 2. The summed E-state index contributed by atoms with van der Waals surface area (Å²) in [4.78, 5) is 2.49. The molecule has 3 nitrogen and oxygen atoms in total. The van der Waals surface area contributed by atoms with E-state index in [0.717, 1.165) is 94.3 Å². The SMILES string of the molecule is c1ccc(-c2ccc3c(c2)oc2c(-c4ccccc4)ccc(N(c4ccc5oc6ccccc6c5c4)c4c(-c5ccccc5)ccc5sc6ccccc6c45)c23)cc1. The molecule has 58 heavy (non-hydrogen) atoms.